The van der Waals surface area contributed by atoms with Crippen LogP contribution in [-0.2, 0) is 9.31 Å². The summed E-state index contributed by atoms with van der Waals surface area (Å²) in [4.78, 5) is 16.8. The molecule has 1 fully saturated rings. The van der Waals surface area contributed by atoms with E-state index >= 15 is 0 Å². The highest BCUT2D eigenvalue weighted by Gasteiger charge is 2.52. The van der Waals surface area contributed by atoms with Crippen LogP contribution < -0.4 is 10.8 Å². The summed E-state index contributed by atoms with van der Waals surface area (Å²) in [6.07, 6.45) is 0. The molecule has 130 valence electrons. The first kappa shape index (κ1) is 17.6. The van der Waals surface area contributed by atoms with Crippen LogP contribution in [0, 0.1) is 6.92 Å². The minimum Gasteiger partial charge on any atom is -0.399 e. The molecule has 1 aromatic heterocycles. The Hall–Kier alpha value is -2.18. The summed E-state index contributed by atoms with van der Waals surface area (Å²) in [5.74, 6) is -0.257. The Kier molecular flexibility index (Phi) is 4.43. The zero-order chi connectivity index (χ0) is 18.2. The van der Waals surface area contributed by atoms with Gasteiger partial charge in [-0.3, -0.25) is 4.79 Å². The van der Waals surface area contributed by atoms with Crippen LogP contribution in [0.25, 0.3) is 0 Å². The maximum absolute atomic E-state index is 12.5. The molecule has 3 rings (SSSR count). The largest absolute Gasteiger partial charge is 0.496 e. The maximum atomic E-state index is 12.5. The minimum atomic E-state index is -0.535. The fourth-order valence-corrected chi connectivity index (χ4v) is 2.64. The van der Waals surface area contributed by atoms with Gasteiger partial charge in [-0.2, -0.15) is 0 Å². The molecule has 6 heteroatoms. The van der Waals surface area contributed by atoms with E-state index in [1.165, 1.54) is 0 Å². The Labute approximate surface area is 148 Å². The molecule has 0 bridgehead atoms. The Morgan fingerprint density at radius 3 is 2.28 bits per heavy atom. The van der Waals surface area contributed by atoms with Gasteiger partial charge in [-0.05, 0) is 52.8 Å². The van der Waals surface area contributed by atoms with Gasteiger partial charge in [-0.15, -0.1) is 0 Å². The topological polar surface area (TPSA) is 60.5 Å². The zero-order valence-corrected chi connectivity index (χ0v) is 15.3. The number of para-hydroxylation sites is 1. The number of amides is 1. The molecule has 0 unspecified atom stereocenters. The van der Waals surface area contributed by atoms with E-state index in [1.807, 2.05) is 71.0 Å². The quantitative estimate of drug-likeness (QED) is 0.874. The van der Waals surface area contributed by atoms with Crippen molar-refractivity contribution in [1.82, 2.24) is 4.98 Å². The third-order valence-electron chi connectivity index (χ3n) is 4.84. The van der Waals surface area contributed by atoms with Crippen molar-refractivity contribution < 1.29 is 14.1 Å². The van der Waals surface area contributed by atoms with Crippen LogP contribution in [0.5, 0.6) is 0 Å². The number of hydrogen-bond acceptors (Lipinski definition) is 4. The SMILES string of the molecule is Cc1cccc(C(=O)Nc2ccccc2B2OC(C)(C)C(C)(C)O2)n1. The molecule has 1 N–H and O–H groups in total. The highest BCUT2D eigenvalue weighted by atomic mass is 16.7. The van der Waals surface area contributed by atoms with E-state index in [2.05, 4.69) is 10.3 Å². The standard InChI is InChI=1S/C19H23BN2O3/c1-13-9-8-12-16(21-13)17(23)22-15-11-7-6-10-14(15)20-24-18(2,3)19(4,5)25-20/h6-12H,1-5H3,(H,22,23). The molecule has 0 aliphatic carbocycles. The van der Waals surface area contributed by atoms with Crippen LogP contribution in [0.2, 0.25) is 0 Å². The number of carbonyl (C=O) groups excluding carboxylic acids is 1. The zero-order valence-electron chi connectivity index (χ0n) is 15.3. The molecule has 0 radical (unpaired) electrons. The first-order valence-electron chi connectivity index (χ1n) is 8.39. The van der Waals surface area contributed by atoms with Gasteiger partial charge >= 0.3 is 7.12 Å². The number of hydrogen-bond donors (Lipinski definition) is 1. The molecule has 1 aliphatic heterocycles. The van der Waals surface area contributed by atoms with Gasteiger partial charge in [0.1, 0.15) is 5.69 Å². The van der Waals surface area contributed by atoms with Gasteiger partial charge in [-0.1, -0.05) is 24.3 Å². The lowest BCUT2D eigenvalue weighted by molar-refractivity contribution is 0.00578. The number of pyridine rings is 1. The molecule has 1 saturated heterocycles. The smallest absolute Gasteiger partial charge is 0.399 e. The molecule has 5 nitrogen and oxygen atoms in total. The Balaban J connectivity index is 1.86. The van der Waals surface area contributed by atoms with E-state index in [9.17, 15) is 4.79 Å². The third-order valence-corrected chi connectivity index (χ3v) is 4.84. The Morgan fingerprint density at radius 1 is 1.00 bits per heavy atom. The van der Waals surface area contributed by atoms with E-state index < -0.39 is 18.3 Å². The van der Waals surface area contributed by atoms with E-state index in [0.29, 0.717) is 11.4 Å². The molecule has 0 atom stereocenters. The van der Waals surface area contributed by atoms with Crippen LogP contribution >= 0.6 is 0 Å². The van der Waals surface area contributed by atoms with Gasteiger partial charge in [0.15, 0.2) is 0 Å². The van der Waals surface area contributed by atoms with E-state index in [1.54, 1.807) is 6.07 Å². The lowest BCUT2D eigenvalue weighted by atomic mass is 9.78. The van der Waals surface area contributed by atoms with Crippen molar-refractivity contribution in [3.05, 3.63) is 53.9 Å². The minimum absolute atomic E-state index is 0.257. The number of aryl methyl sites for hydroxylation is 1. The van der Waals surface area contributed by atoms with Crippen molar-refractivity contribution in [2.24, 2.45) is 0 Å². The summed E-state index contributed by atoms with van der Waals surface area (Å²) < 4.78 is 12.2. The van der Waals surface area contributed by atoms with E-state index in [0.717, 1.165) is 11.2 Å². The second-order valence-electron chi connectivity index (χ2n) is 7.29. The first-order chi connectivity index (χ1) is 11.7. The molecular formula is C19H23BN2O3. The summed E-state index contributed by atoms with van der Waals surface area (Å²) in [5.41, 5.74) is 1.76. The van der Waals surface area contributed by atoms with Crippen LogP contribution in [-0.4, -0.2) is 29.2 Å². The summed E-state index contributed by atoms with van der Waals surface area (Å²) >= 11 is 0. The summed E-state index contributed by atoms with van der Waals surface area (Å²) in [6.45, 7) is 9.88. The van der Waals surface area contributed by atoms with E-state index in [-0.39, 0.29) is 5.91 Å². The number of anilines is 1. The fourth-order valence-electron chi connectivity index (χ4n) is 2.64. The first-order valence-corrected chi connectivity index (χ1v) is 8.39. The predicted octanol–water partition coefficient (Wildman–Crippen LogP) is 2.94. The van der Waals surface area contributed by atoms with Crippen molar-refractivity contribution in [3.8, 4) is 0 Å². The van der Waals surface area contributed by atoms with Crippen molar-refractivity contribution >= 4 is 24.2 Å². The highest BCUT2D eigenvalue weighted by molar-refractivity contribution is 6.64. The molecule has 0 spiro atoms. The van der Waals surface area contributed by atoms with Gasteiger partial charge < -0.3 is 14.6 Å². The highest BCUT2D eigenvalue weighted by Crippen LogP contribution is 2.37. The summed E-state index contributed by atoms with van der Waals surface area (Å²) in [7, 11) is -0.535. The maximum Gasteiger partial charge on any atom is 0.496 e. The molecule has 2 aromatic rings. The van der Waals surface area contributed by atoms with Gasteiger partial charge in [-0.25, -0.2) is 4.98 Å². The Morgan fingerprint density at radius 2 is 1.64 bits per heavy atom. The molecule has 0 saturated carbocycles. The summed E-state index contributed by atoms with van der Waals surface area (Å²) in [6, 6.07) is 12.9. The lowest BCUT2D eigenvalue weighted by Crippen LogP contribution is -2.41. The van der Waals surface area contributed by atoms with Crippen LogP contribution in [0.1, 0.15) is 43.9 Å². The number of carbonyl (C=O) groups is 1. The lowest BCUT2D eigenvalue weighted by Gasteiger charge is -2.32. The number of benzene rings is 1. The van der Waals surface area contributed by atoms with Crippen molar-refractivity contribution in [2.45, 2.75) is 45.8 Å². The van der Waals surface area contributed by atoms with Crippen LogP contribution in [0.3, 0.4) is 0 Å². The molecule has 2 heterocycles. The number of rotatable bonds is 3. The number of nitrogens with one attached hydrogen (secondary N) is 1. The monoisotopic (exact) mass is 338 g/mol. The molecule has 1 amide bonds. The second kappa shape index (κ2) is 6.28. The van der Waals surface area contributed by atoms with Gasteiger partial charge in [0, 0.05) is 16.8 Å². The number of aromatic nitrogens is 1. The summed E-state index contributed by atoms with van der Waals surface area (Å²) in [5, 5.41) is 2.92. The average molecular weight is 338 g/mol. The second-order valence-corrected chi connectivity index (χ2v) is 7.29. The van der Waals surface area contributed by atoms with Crippen LogP contribution in [0.4, 0.5) is 5.69 Å². The normalized spacial score (nSPS) is 18.2. The van der Waals surface area contributed by atoms with Gasteiger partial charge in [0.25, 0.3) is 5.91 Å². The van der Waals surface area contributed by atoms with Gasteiger partial charge in [0.2, 0.25) is 0 Å². The van der Waals surface area contributed by atoms with E-state index in [4.69, 9.17) is 9.31 Å². The Bertz CT molecular complexity index is 789. The predicted molar refractivity (Wildman–Crippen MR) is 99.1 cm³/mol. The fraction of sp³-hybridized carbons (Fsp3) is 0.368. The average Bonchev–Trinajstić information content (AvgIpc) is 2.76. The third kappa shape index (κ3) is 3.46. The van der Waals surface area contributed by atoms with Gasteiger partial charge in [0.05, 0.1) is 11.2 Å². The molecule has 1 aromatic carbocycles. The molecular weight excluding hydrogens is 315 g/mol. The van der Waals surface area contributed by atoms with Crippen molar-refractivity contribution in [2.75, 3.05) is 5.32 Å². The van der Waals surface area contributed by atoms with Crippen molar-refractivity contribution in [1.29, 1.82) is 0 Å². The van der Waals surface area contributed by atoms with Crippen molar-refractivity contribution in [3.63, 3.8) is 0 Å². The molecule has 1 aliphatic rings. The van der Waals surface area contributed by atoms with Crippen LogP contribution in [0.15, 0.2) is 42.5 Å². The molecule has 25 heavy (non-hydrogen) atoms. The number of nitrogens with zero attached hydrogens (tertiary/aromatic N) is 1.